The van der Waals surface area contributed by atoms with Crippen LogP contribution in [-0.4, -0.2) is 21.9 Å². The maximum atomic E-state index is 5.69. The highest BCUT2D eigenvalue weighted by Crippen LogP contribution is 2.22. The monoisotopic (exact) mass is 314 g/mol. The van der Waals surface area contributed by atoms with Gasteiger partial charge in [-0.1, -0.05) is 0 Å². The minimum Gasteiger partial charge on any atom is -0.494 e. The summed E-state index contributed by atoms with van der Waals surface area (Å²) in [7, 11) is 0. The lowest BCUT2D eigenvalue weighted by molar-refractivity contribution is 0.310. The predicted molar refractivity (Wildman–Crippen MR) is 90.8 cm³/mol. The Hall–Kier alpha value is -2.00. The lowest BCUT2D eigenvalue weighted by atomic mass is 10.2. The molecule has 22 heavy (non-hydrogen) atoms. The van der Waals surface area contributed by atoms with Crippen LogP contribution in [0, 0.1) is 6.92 Å². The lowest BCUT2D eigenvalue weighted by Crippen LogP contribution is -1.97. The quantitative estimate of drug-likeness (QED) is 0.486. The molecular formula is C18H19ClN2O. The molecule has 0 fully saturated rings. The number of hydrogen-bond donors (Lipinski definition) is 0. The third-order valence-electron chi connectivity index (χ3n) is 3.56. The van der Waals surface area contributed by atoms with E-state index >= 15 is 0 Å². The average molecular weight is 315 g/mol. The third kappa shape index (κ3) is 3.42. The lowest BCUT2D eigenvalue weighted by Gasteiger charge is -2.05. The SMILES string of the molecule is Cc1ccn2cc(-c3ccc(OCCCCCl)cc3)nc2c1. The van der Waals surface area contributed by atoms with Gasteiger partial charge in [0.1, 0.15) is 11.4 Å². The summed E-state index contributed by atoms with van der Waals surface area (Å²) in [6.07, 6.45) is 6.05. The molecule has 3 nitrogen and oxygen atoms in total. The molecule has 3 aromatic rings. The maximum absolute atomic E-state index is 5.69. The molecule has 0 saturated heterocycles. The van der Waals surface area contributed by atoms with E-state index in [0.717, 1.165) is 35.5 Å². The van der Waals surface area contributed by atoms with Crippen LogP contribution in [0.2, 0.25) is 0 Å². The Bertz CT molecular complexity index is 749. The zero-order valence-electron chi connectivity index (χ0n) is 12.6. The van der Waals surface area contributed by atoms with E-state index in [0.29, 0.717) is 12.5 Å². The predicted octanol–water partition coefficient (Wildman–Crippen LogP) is 4.71. The number of fused-ring (bicyclic) bond motifs is 1. The summed E-state index contributed by atoms with van der Waals surface area (Å²) in [5.74, 6) is 1.58. The van der Waals surface area contributed by atoms with Crippen LogP contribution in [0.5, 0.6) is 5.75 Å². The van der Waals surface area contributed by atoms with E-state index in [2.05, 4.69) is 24.0 Å². The van der Waals surface area contributed by atoms with Gasteiger partial charge in [-0.15, -0.1) is 11.6 Å². The second-order valence-electron chi connectivity index (χ2n) is 5.36. The van der Waals surface area contributed by atoms with Gasteiger partial charge in [0.05, 0.1) is 12.3 Å². The summed E-state index contributed by atoms with van der Waals surface area (Å²) in [5, 5.41) is 0. The molecule has 0 unspecified atom stereocenters. The molecule has 0 aliphatic carbocycles. The molecule has 0 amide bonds. The van der Waals surface area contributed by atoms with E-state index in [9.17, 15) is 0 Å². The Balaban J connectivity index is 1.73. The van der Waals surface area contributed by atoms with E-state index in [1.165, 1.54) is 5.56 Å². The van der Waals surface area contributed by atoms with E-state index < -0.39 is 0 Å². The summed E-state index contributed by atoms with van der Waals surface area (Å²) in [4.78, 5) is 4.67. The van der Waals surface area contributed by atoms with Crippen molar-refractivity contribution in [2.75, 3.05) is 12.5 Å². The fourth-order valence-corrected chi connectivity index (χ4v) is 2.52. The molecule has 0 aliphatic rings. The molecule has 3 rings (SSSR count). The first-order valence-corrected chi connectivity index (χ1v) is 8.04. The highest BCUT2D eigenvalue weighted by atomic mass is 35.5. The summed E-state index contributed by atoms with van der Waals surface area (Å²) in [5.41, 5.74) is 4.25. The number of aromatic nitrogens is 2. The van der Waals surface area contributed by atoms with Gasteiger partial charge in [0, 0.05) is 23.8 Å². The van der Waals surface area contributed by atoms with Crippen LogP contribution in [0.1, 0.15) is 18.4 Å². The van der Waals surface area contributed by atoms with Crippen molar-refractivity contribution in [3.63, 3.8) is 0 Å². The van der Waals surface area contributed by atoms with Crippen molar-refractivity contribution in [2.45, 2.75) is 19.8 Å². The normalized spacial score (nSPS) is 11.0. The van der Waals surface area contributed by atoms with Crippen LogP contribution < -0.4 is 4.74 Å². The average Bonchev–Trinajstić information content (AvgIpc) is 2.95. The van der Waals surface area contributed by atoms with E-state index in [4.69, 9.17) is 16.3 Å². The van der Waals surface area contributed by atoms with Gasteiger partial charge in [-0.3, -0.25) is 0 Å². The van der Waals surface area contributed by atoms with Gasteiger partial charge < -0.3 is 9.14 Å². The van der Waals surface area contributed by atoms with Crippen LogP contribution in [0.4, 0.5) is 0 Å². The van der Waals surface area contributed by atoms with Crippen molar-refractivity contribution in [2.24, 2.45) is 0 Å². The molecule has 2 aromatic heterocycles. The van der Waals surface area contributed by atoms with Crippen molar-refractivity contribution in [1.29, 1.82) is 0 Å². The number of pyridine rings is 1. The molecular weight excluding hydrogens is 296 g/mol. The standard InChI is InChI=1S/C18H19ClN2O/c1-14-8-10-21-13-17(20-18(21)12-14)15-4-6-16(7-5-15)22-11-3-2-9-19/h4-8,10,12-13H,2-3,9,11H2,1H3. The number of rotatable bonds is 6. The topological polar surface area (TPSA) is 26.5 Å². The first kappa shape index (κ1) is 14.9. The summed E-state index contributed by atoms with van der Waals surface area (Å²) < 4.78 is 7.73. The molecule has 0 spiro atoms. The van der Waals surface area contributed by atoms with Crippen LogP contribution in [-0.2, 0) is 0 Å². The summed E-state index contributed by atoms with van der Waals surface area (Å²) >= 11 is 5.65. The molecule has 2 heterocycles. The molecule has 0 atom stereocenters. The highest BCUT2D eigenvalue weighted by molar-refractivity contribution is 6.17. The van der Waals surface area contributed by atoms with Gasteiger partial charge in [-0.05, 0) is 61.7 Å². The Labute approximate surface area is 135 Å². The first-order valence-electron chi connectivity index (χ1n) is 7.51. The van der Waals surface area contributed by atoms with Gasteiger partial charge in [0.15, 0.2) is 0 Å². The third-order valence-corrected chi connectivity index (χ3v) is 3.83. The minimum absolute atomic E-state index is 0.690. The van der Waals surface area contributed by atoms with Gasteiger partial charge in [0.2, 0.25) is 0 Å². The molecule has 4 heteroatoms. The van der Waals surface area contributed by atoms with Crippen molar-refractivity contribution < 1.29 is 4.74 Å². The van der Waals surface area contributed by atoms with Crippen molar-refractivity contribution in [1.82, 2.24) is 9.38 Å². The molecule has 0 N–H and O–H groups in total. The zero-order chi connectivity index (χ0) is 15.4. The van der Waals surface area contributed by atoms with Crippen LogP contribution in [0.25, 0.3) is 16.9 Å². The molecule has 1 aromatic carbocycles. The van der Waals surface area contributed by atoms with E-state index in [1.807, 2.05) is 41.1 Å². The number of nitrogens with zero attached hydrogens (tertiary/aromatic N) is 2. The Kier molecular flexibility index (Phi) is 4.64. The van der Waals surface area contributed by atoms with E-state index in [1.54, 1.807) is 0 Å². The largest absolute Gasteiger partial charge is 0.494 e. The van der Waals surface area contributed by atoms with E-state index in [-0.39, 0.29) is 0 Å². The van der Waals surface area contributed by atoms with Gasteiger partial charge in [0.25, 0.3) is 0 Å². The first-order chi connectivity index (χ1) is 10.8. The number of unbranched alkanes of at least 4 members (excludes halogenated alkanes) is 1. The van der Waals surface area contributed by atoms with Crippen LogP contribution in [0.3, 0.4) is 0 Å². The Morgan fingerprint density at radius 3 is 2.73 bits per heavy atom. The summed E-state index contributed by atoms with van der Waals surface area (Å²) in [6.45, 7) is 2.78. The Morgan fingerprint density at radius 2 is 1.95 bits per heavy atom. The number of imidazole rings is 1. The smallest absolute Gasteiger partial charge is 0.137 e. The van der Waals surface area contributed by atoms with Gasteiger partial charge >= 0.3 is 0 Å². The molecule has 0 aliphatic heterocycles. The van der Waals surface area contributed by atoms with Gasteiger partial charge in [-0.25, -0.2) is 4.98 Å². The Morgan fingerprint density at radius 1 is 1.14 bits per heavy atom. The molecule has 114 valence electrons. The van der Waals surface area contributed by atoms with Crippen LogP contribution >= 0.6 is 11.6 Å². The number of benzene rings is 1. The van der Waals surface area contributed by atoms with Crippen molar-refractivity contribution in [3.8, 4) is 17.0 Å². The zero-order valence-corrected chi connectivity index (χ0v) is 13.4. The minimum atomic E-state index is 0.690. The number of ether oxygens (including phenoxy) is 1. The fourth-order valence-electron chi connectivity index (χ4n) is 2.33. The molecule has 0 bridgehead atoms. The highest BCUT2D eigenvalue weighted by Gasteiger charge is 2.05. The number of alkyl halides is 1. The molecule has 0 saturated carbocycles. The van der Waals surface area contributed by atoms with Crippen molar-refractivity contribution in [3.05, 3.63) is 54.4 Å². The molecule has 0 radical (unpaired) electrons. The van der Waals surface area contributed by atoms with Gasteiger partial charge in [-0.2, -0.15) is 0 Å². The number of halogens is 1. The maximum Gasteiger partial charge on any atom is 0.137 e. The number of hydrogen-bond acceptors (Lipinski definition) is 2. The number of aryl methyl sites for hydroxylation is 1. The van der Waals surface area contributed by atoms with Crippen LogP contribution in [0.15, 0.2) is 48.8 Å². The fraction of sp³-hybridized carbons (Fsp3) is 0.278. The summed E-state index contributed by atoms with van der Waals surface area (Å²) in [6, 6.07) is 12.2. The second kappa shape index (κ2) is 6.84. The second-order valence-corrected chi connectivity index (χ2v) is 5.74. The van der Waals surface area contributed by atoms with Crippen molar-refractivity contribution >= 4 is 17.2 Å².